The van der Waals surface area contributed by atoms with Gasteiger partial charge >= 0.3 is 0 Å². The molecule has 2 aliphatic rings. The van der Waals surface area contributed by atoms with Crippen molar-refractivity contribution >= 4 is 11.7 Å². The topological polar surface area (TPSA) is 54.9 Å². The molecule has 1 heterocycles. The fraction of sp³-hybridized carbons (Fsp3) is 0.583. The number of nitrogens with zero attached hydrogens (tertiary/aromatic N) is 2. The third kappa shape index (κ3) is 1.79. The van der Waals surface area contributed by atoms with Crippen LogP contribution >= 0.6 is 0 Å². The van der Waals surface area contributed by atoms with E-state index in [1.165, 1.54) is 0 Å². The molecular formula is C12H15N3O. The van der Waals surface area contributed by atoms with Crippen LogP contribution in [0.1, 0.15) is 38.4 Å². The van der Waals surface area contributed by atoms with Crippen molar-refractivity contribution in [3.8, 4) is 0 Å². The molecule has 0 saturated heterocycles. The van der Waals surface area contributed by atoms with Gasteiger partial charge in [-0.15, -0.1) is 0 Å². The third-order valence-corrected chi connectivity index (χ3v) is 3.39. The molecule has 4 nitrogen and oxygen atoms in total. The monoisotopic (exact) mass is 217 g/mol. The predicted molar refractivity (Wildman–Crippen MR) is 60.0 cm³/mol. The fourth-order valence-corrected chi connectivity index (χ4v) is 1.70. The van der Waals surface area contributed by atoms with Gasteiger partial charge in [-0.3, -0.25) is 4.79 Å². The minimum absolute atomic E-state index is 0.102. The number of carbonyl (C=O) groups excluding carboxylic acids is 1. The van der Waals surface area contributed by atoms with E-state index in [2.05, 4.69) is 22.2 Å². The Morgan fingerprint density at radius 3 is 2.88 bits per heavy atom. The van der Waals surface area contributed by atoms with E-state index in [0.29, 0.717) is 5.82 Å². The zero-order valence-corrected chi connectivity index (χ0v) is 9.36. The molecule has 2 fully saturated rings. The van der Waals surface area contributed by atoms with Gasteiger partial charge in [0, 0.05) is 17.5 Å². The van der Waals surface area contributed by atoms with E-state index in [9.17, 15) is 4.79 Å². The molecule has 4 heteroatoms. The minimum atomic E-state index is 0.102. The van der Waals surface area contributed by atoms with Crippen molar-refractivity contribution in [2.24, 2.45) is 5.92 Å². The summed E-state index contributed by atoms with van der Waals surface area (Å²) in [6.07, 6.45) is 6.05. The van der Waals surface area contributed by atoms with Crippen LogP contribution in [0, 0.1) is 5.92 Å². The number of amides is 1. The van der Waals surface area contributed by atoms with Crippen LogP contribution in [0.5, 0.6) is 0 Å². The molecule has 1 aromatic heterocycles. The number of nitrogens with one attached hydrogen (secondary N) is 1. The van der Waals surface area contributed by atoms with Crippen molar-refractivity contribution in [3.05, 3.63) is 18.1 Å². The minimum Gasteiger partial charge on any atom is -0.310 e. The number of hydrogen-bond donors (Lipinski definition) is 1. The summed E-state index contributed by atoms with van der Waals surface area (Å²) < 4.78 is 0. The lowest BCUT2D eigenvalue weighted by atomic mass is 10.1. The van der Waals surface area contributed by atoms with Crippen molar-refractivity contribution < 1.29 is 4.79 Å². The number of rotatable bonds is 3. The molecule has 0 bridgehead atoms. The highest BCUT2D eigenvalue weighted by molar-refractivity contribution is 5.93. The second kappa shape index (κ2) is 3.27. The summed E-state index contributed by atoms with van der Waals surface area (Å²) in [5.41, 5.74) is 0.153. The van der Waals surface area contributed by atoms with Crippen LogP contribution in [0.2, 0.25) is 0 Å². The molecule has 3 rings (SSSR count). The largest absolute Gasteiger partial charge is 0.310 e. The van der Waals surface area contributed by atoms with Gasteiger partial charge in [0.1, 0.15) is 11.6 Å². The van der Waals surface area contributed by atoms with E-state index in [1.807, 2.05) is 0 Å². The maximum absolute atomic E-state index is 11.6. The van der Waals surface area contributed by atoms with Gasteiger partial charge < -0.3 is 5.32 Å². The highest BCUT2D eigenvalue weighted by atomic mass is 16.2. The molecule has 0 aliphatic heterocycles. The van der Waals surface area contributed by atoms with Gasteiger partial charge in [0.25, 0.3) is 0 Å². The Bertz CT molecular complexity index is 436. The zero-order valence-electron chi connectivity index (χ0n) is 9.36. The number of anilines is 1. The van der Waals surface area contributed by atoms with E-state index in [4.69, 9.17) is 0 Å². The summed E-state index contributed by atoms with van der Waals surface area (Å²) in [4.78, 5) is 20.3. The van der Waals surface area contributed by atoms with Crippen molar-refractivity contribution in [1.82, 2.24) is 9.97 Å². The van der Waals surface area contributed by atoms with Gasteiger partial charge in [-0.1, -0.05) is 6.92 Å². The first-order valence-electron chi connectivity index (χ1n) is 5.82. The lowest BCUT2D eigenvalue weighted by Crippen LogP contribution is -2.16. The number of aromatic nitrogens is 2. The Morgan fingerprint density at radius 2 is 2.25 bits per heavy atom. The molecule has 0 spiro atoms. The standard InChI is InChI=1S/C12H15N3O/c1-12(5-6-12)11-13-7-4-9(15-11)14-10(16)8-2-3-8/h4,7-8H,2-3,5-6H2,1H3,(H,13,14,15,16). The van der Waals surface area contributed by atoms with E-state index in [1.54, 1.807) is 12.3 Å². The summed E-state index contributed by atoms with van der Waals surface area (Å²) in [6, 6.07) is 1.76. The Balaban J connectivity index is 1.76. The fourth-order valence-electron chi connectivity index (χ4n) is 1.70. The molecule has 1 aromatic rings. The average Bonchev–Trinajstić information content (AvgIpc) is 3.12. The molecule has 84 valence electrons. The normalized spacial score (nSPS) is 21.6. The second-order valence-electron chi connectivity index (χ2n) is 5.09. The lowest BCUT2D eigenvalue weighted by molar-refractivity contribution is -0.117. The van der Waals surface area contributed by atoms with E-state index >= 15 is 0 Å². The maximum atomic E-state index is 11.6. The predicted octanol–water partition coefficient (Wildman–Crippen LogP) is 1.88. The van der Waals surface area contributed by atoms with Crippen LogP contribution in [0.4, 0.5) is 5.82 Å². The van der Waals surface area contributed by atoms with E-state index < -0.39 is 0 Å². The van der Waals surface area contributed by atoms with Crippen LogP contribution in [0.3, 0.4) is 0 Å². The molecule has 2 saturated carbocycles. The highest BCUT2D eigenvalue weighted by Crippen LogP contribution is 2.45. The van der Waals surface area contributed by atoms with Crippen molar-refractivity contribution in [2.45, 2.75) is 38.0 Å². The molecule has 2 aliphatic carbocycles. The first-order valence-corrected chi connectivity index (χ1v) is 5.82. The Labute approximate surface area is 94.5 Å². The average molecular weight is 217 g/mol. The molecule has 1 N–H and O–H groups in total. The first kappa shape index (κ1) is 9.75. The quantitative estimate of drug-likeness (QED) is 0.841. The van der Waals surface area contributed by atoms with Crippen LogP contribution < -0.4 is 5.32 Å². The Morgan fingerprint density at radius 1 is 1.50 bits per heavy atom. The number of carbonyl (C=O) groups is 1. The lowest BCUT2D eigenvalue weighted by Gasteiger charge is -2.08. The van der Waals surface area contributed by atoms with Gasteiger partial charge in [0.2, 0.25) is 5.91 Å². The van der Waals surface area contributed by atoms with Crippen LogP contribution in [0.15, 0.2) is 12.3 Å². The summed E-state index contributed by atoms with van der Waals surface area (Å²) >= 11 is 0. The van der Waals surface area contributed by atoms with Crippen molar-refractivity contribution in [3.63, 3.8) is 0 Å². The van der Waals surface area contributed by atoms with Gasteiger partial charge in [-0.25, -0.2) is 9.97 Å². The van der Waals surface area contributed by atoms with Gasteiger partial charge in [-0.2, -0.15) is 0 Å². The molecule has 16 heavy (non-hydrogen) atoms. The summed E-state index contributed by atoms with van der Waals surface area (Å²) in [7, 11) is 0. The molecular weight excluding hydrogens is 202 g/mol. The first-order chi connectivity index (χ1) is 7.67. The van der Waals surface area contributed by atoms with Gasteiger partial charge in [-0.05, 0) is 31.7 Å². The third-order valence-electron chi connectivity index (χ3n) is 3.39. The highest BCUT2D eigenvalue weighted by Gasteiger charge is 2.42. The summed E-state index contributed by atoms with van der Waals surface area (Å²) in [5, 5.41) is 2.85. The zero-order chi connectivity index (χ0) is 11.2. The van der Waals surface area contributed by atoms with Crippen LogP contribution in [0.25, 0.3) is 0 Å². The van der Waals surface area contributed by atoms with Crippen molar-refractivity contribution in [2.75, 3.05) is 5.32 Å². The number of hydrogen-bond acceptors (Lipinski definition) is 3. The van der Waals surface area contributed by atoms with Crippen LogP contribution in [-0.4, -0.2) is 15.9 Å². The molecule has 0 radical (unpaired) electrons. The van der Waals surface area contributed by atoms with Gasteiger partial charge in [0.05, 0.1) is 0 Å². The van der Waals surface area contributed by atoms with Gasteiger partial charge in [0.15, 0.2) is 0 Å². The Hall–Kier alpha value is -1.45. The summed E-state index contributed by atoms with van der Waals surface area (Å²) in [6.45, 7) is 2.16. The smallest absolute Gasteiger partial charge is 0.228 e. The van der Waals surface area contributed by atoms with Crippen LogP contribution in [-0.2, 0) is 10.2 Å². The molecule has 1 amide bonds. The molecule has 0 unspecified atom stereocenters. The van der Waals surface area contributed by atoms with Crippen molar-refractivity contribution in [1.29, 1.82) is 0 Å². The van der Waals surface area contributed by atoms with E-state index in [0.717, 1.165) is 31.5 Å². The molecule has 0 aromatic carbocycles. The SMILES string of the molecule is CC1(c2nccc(NC(=O)C3CC3)n2)CC1. The Kier molecular flexibility index (Phi) is 1.99. The second-order valence-corrected chi connectivity index (χ2v) is 5.09. The molecule has 0 atom stereocenters. The summed E-state index contributed by atoms with van der Waals surface area (Å²) in [5.74, 6) is 1.83. The van der Waals surface area contributed by atoms with E-state index in [-0.39, 0.29) is 17.2 Å². The maximum Gasteiger partial charge on any atom is 0.228 e.